The van der Waals surface area contributed by atoms with Crippen molar-refractivity contribution < 1.29 is 24.9 Å². The molecular formula is C12H22N2O5S. The maximum Gasteiger partial charge on any atom is 0.327 e. The van der Waals surface area contributed by atoms with E-state index >= 15 is 0 Å². The number of hydrogen-bond donors (Lipinski definition) is 3. The van der Waals surface area contributed by atoms with Crippen LogP contribution in [0.4, 0.5) is 4.79 Å². The van der Waals surface area contributed by atoms with E-state index in [4.69, 9.17) is 10.2 Å². The Morgan fingerprint density at radius 1 is 1.30 bits per heavy atom. The van der Waals surface area contributed by atoms with Crippen LogP contribution in [0.3, 0.4) is 0 Å². The van der Waals surface area contributed by atoms with Crippen molar-refractivity contribution in [1.82, 2.24) is 9.80 Å². The molecule has 1 aliphatic heterocycles. The highest BCUT2D eigenvalue weighted by atomic mass is 32.2. The zero-order valence-corrected chi connectivity index (χ0v) is 12.5. The predicted octanol–water partition coefficient (Wildman–Crippen LogP) is -0.123. The minimum Gasteiger partial charge on any atom is -0.480 e. The van der Waals surface area contributed by atoms with E-state index in [1.54, 1.807) is 0 Å². The van der Waals surface area contributed by atoms with Crippen LogP contribution in [-0.4, -0.2) is 80.6 Å². The molecule has 2 unspecified atom stereocenters. The molecule has 0 bridgehead atoms. The van der Waals surface area contributed by atoms with Crippen LogP contribution in [0.25, 0.3) is 0 Å². The molecule has 0 aromatic heterocycles. The van der Waals surface area contributed by atoms with Gasteiger partial charge in [0.1, 0.15) is 6.04 Å². The first-order valence-electron chi connectivity index (χ1n) is 6.57. The zero-order chi connectivity index (χ0) is 15.3. The van der Waals surface area contributed by atoms with E-state index in [-0.39, 0.29) is 37.6 Å². The summed E-state index contributed by atoms with van der Waals surface area (Å²) in [6, 6.07) is -1.30. The van der Waals surface area contributed by atoms with Crippen molar-refractivity contribution in [3.63, 3.8) is 0 Å². The number of carbonyl (C=O) groups excluding carboxylic acids is 1. The molecule has 7 nitrogen and oxygen atoms in total. The maximum absolute atomic E-state index is 12.5. The van der Waals surface area contributed by atoms with Gasteiger partial charge in [-0.3, -0.25) is 4.90 Å². The van der Waals surface area contributed by atoms with Crippen LogP contribution in [0.1, 0.15) is 13.8 Å². The molecule has 2 atom stereocenters. The van der Waals surface area contributed by atoms with Gasteiger partial charge in [-0.05, 0) is 5.92 Å². The van der Waals surface area contributed by atoms with Crippen LogP contribution >= 0.6 is 11.8 Å². The molecule has 0 radical (unpaired) electrons. The molecule has 0 aromatic rings. The summed E-state index contributed by atoms with van der Waals surface area (Å²) in [5.41, 5.74) is 0. The molecule has 0 aromatic carbocycles. The smallest absolute Gasteiger partial charge is 0.327 e. The first kappa shape index (κ1) is 17.1. The molecular weight excluding hydrogens is 284 g/mol. The summed E-state index contributed by atoms with van der Waals surface area (Å²) < 4.78 is 0. The molecule has 2 amide bonds. The first-order valence-corrected chi connectivity index (χ1v) is 7.62. The highest BCUT2D eigenvalue weighted by Crippen LogP contribution is 2.34. The van der Waals surface area contributed by atoms with Crippen LogP contribution in [-0.2, 0) is 4.79 Å². The highest BCUT2D eigenvalue weighted by Gasteiger charge is 2.44. The summed E-state index contributed by atoms with van der Waals surface area (Å²) in [7, 11) is 0. The number of aliphatic carboxylic acids is 1. The van der Waals surface area contributed by atoms with Crippen molar-refractivity contribution in [1.29, 1.82) is 0 Å². The number of rotatable bonds is 6. The maximum atomic E-state index is 12.5. The summed E-state index contributed by atoms with van der Waals surface area (Å²) >= 11 is 1.45. The largest absolute Gasteiger partial charge is 0.480 e. The summed E-state index contributed by atoms with van der Waals surface area (Å²) in [5.74, 6) is -0.545. The predicted molar refractivity (Wildman–Crippen MR) is 75.5 cm³/mol. The van der Waals surface area contributed by atoms with E-state index in [9.17, 15) is 14.7 Å². The number of carboxylic acids is 1. The SMILES string of the molecule is CC(C)C1SCC(C(=O)O)N1C(=O)N(CCO)CCO. The molecule has 0 spiro atoms. The van der Waals surface area contributed by atoms with Gasteiger partial charge >= 0.3 is 12.0 Å². The molecule has 0 aliphatic carbocycles. The van der Waals surface area contributed by atoms with Gasteiger partial charge in [-0.1, -0.05) is 13.8 Å². The Balaban J connectivity index is 2.94. The second-order valence-electron chi connectivity index (χ2n) is 4.95. The third kappa shape index (κ3) is 3.77. The highest BCUT2D eigenvalue weighted by molar-refractivity contribution is 8.00. The molecule has 1 aliphatic rings. The van der Waals surface area contributed by atoms with Gasteiger partial charge in [-0.25, -0.2) is 9.59 Å². The van der Waals surface area contributed by atoms with Crippen molar-refractivity contribution >= 4 is 23.8 Å². The molecule has 1 heterocycles. The van der Waals surface area contributed by atoms with Gasteiger partial charge in [0, 0.05) is 18.8 Å². The summed E-state index contributed by atoms with van der Waals surface area (Å²) in [5, 5.41) is 27.0. The van der Waals surface area contributed by atoms with E-state index in [0.717, 1.165) is 0 Å². The number of aliphatic hydroxyl groups excluding tert-OH is 2. The van der Waals surface area contributed by atoms with Crippen molar-refractivity contribution in [2.24, 2.45) is 5.92 Å². The molecule has 20 heavy (non-hydrogen) atoms. The summed E-state index contributed by atoms with van der Waals surface area (Å²) in [6.45, 7) is 3.58. The van der Waals surface area contributed by atoms with E-state index in [2.05, 4.69) is 0 Å². The molecule has 1 rings (SSSR count). The van der Waals surface area contributed by atoms with Crippen molar-refractivity contribution in [2.45, 2.75) is 25.3 Å². The number of thioether (sulfide) groups is 1. The fourth-order valence-electron chi connectivity index (χ4n) is 2.18. The van der Waals surface area contributed by atoms with Crippen molar-refractivity contribution in [3.05, 3.63) is 0 Å². The Kier molecular flexibility index (Phi) is 6.57. The molecule has 0 saturated carbocycles. The molecule has 1 saturated heterocycles. The first-order chi connectivity index (χ1) is 9.43. The van der Waals surface area contributed by atoms with Gasteiger partial charge < -0.3 is 20.2 Å². The minimum atomic E-state index is -1.03. The number of nitrogens with zero attached hydrogens (tertiary/aromatic N) is 2. The van der Waals surface area contributed by atoms with Crippen LogP contribution < -0.4 is 0 Å². The lowest BCUT2D eigenvalue weighted by atomic mass is 10.1. The second kappa shape index (κ2) is 7.70. The topological polar surface area (TPSA) is 101 Å². The third-order valence-electron chi connectivity index (χ3n) is 3.12. The van der Waals surface area contributed by atoms with Gasteiger partial charge in [-0.15, -0.1) is 11.8 Å². The number of urea groups is 1. The van der Waals surface area contributed by atoms with Gasteiger partial charge in [0.15, 0.2) is 0 Å². The van der Waals surface area contributed by atoms with E-state index in [1.807, 2.05) is 13.8 Å². The Labute approximate surface area is 122 Å². The standard InChI is InChI=1S/C12H22N2O5S/c1-8(2)10-14(9(7-20-10)11(17)18)12(19)13(3-5-15)4-6-16/h8-10,15-16H,3-7H2,1-2H3,(H,17,18). The number of amides is 2. The lowest BCUT2D eigenvalue weighted by molar-refractivity contribution is -0.141. The number of aliphatic hydroxyl groups is 2. The number of carboxylic acid groups (broad SMARTS) is 1. The lowest BCUT2D eigenvalue weighted by Crippen LogP contribution is -2.53. The van der Waals surface area contributed by atoms with Gasteiger partial charge in [0.2, 0.25) is 0 Å². The fourth-order valence-corrected chi connectivity index (χ4v) is 3.65. The van der Waals surface area contributed by atoms with Crippen LogP contribution in [0.2, 0.25) is 0 Å². The molecule has 1 fully saturated rings. The average molecular weight is 306 g/mol. The normalized spacial score (nSPS) is 22.4. The minimum absolute atomic E-state index is 0.0811. The second-order valence-corrected chi connectivity index (χ2v) is 6.10. The Morgan fingerprint density at radius 3 is 2.25 bits per heavy atom. The Bertz CT molecular complexity index is 347. The lowest BCUT2D eigenvalue weighted by Gasteiger charge is -2.34. The van der Waals surface area contributed by atoms with Crippen LogP contribution in [0, 0.1) is 5.92 Å². The quantitative estimate of drug-likeness (QED) is 0.632. The van der Waals surface area contributed by atoms with Gasteiger partial charge in [0.05, 0.1) is 18.6 Å². The van der Waals surface area contributed by atoms with E-state index in [0.29, 0.717) is 5.75 Å². The van der Waals surface area contributed by atoms with Crippen LogP contribution in [0.5, 0.6) is 0 Å². The summed E-state index contributed by atoms with van der Waals surface area (Å²) in [6.07, 6.45) is 0. The molecule has 8 heteroatoms. The monoisotopic (exact) mass is 306 g/mol. The summed E-state index contributed by atoms with van der Waals surface area (Å²) in [4.78, 5) is 26.5. The van der Waals surface area contributed by atoms with E-state index < -0.39 is 18.0 Å². The molecule has 3 N–H and O–H groups in total. The van der Waals surface area contributed by atoms with Gasteiger partial charge in [-0.2, -0.15) is 0 Å². The zero-order valence-electron chi connectivity index (χ0n) is 11.7. The Morgan fingerprint density at radius 2 is 1.85 bits per heavy atom. The van der Waals surface area contributed by atoms with E-state index in [1.165, 1.54) is 21.6 Å². The van der Waals surface area contributed by atoms with Crippen molar-refractivity contribution in [3.8, 4) is 0 Å². The average Bonchev–Trinajstić information content (AvgIpc) is 2.82. The fraction of sp³-hybridized carbons (Fsp3) is 0.833. The number of carbonyl (C=O) groups is 2. The van der Waals surface area contributed by atoms with Crippen molar-refractivity contribution in [2.75, 3.05) is 32.1 Å². The third-order valence-corrected chi connectivity index (χ3v) is 4.74. The van der Waals surface area contributed by atoms with Gasteiger partial charge in [0.25, 0.3) is 0 Å². The van der Waals surface area contributed by atoms with Crippen LogP contribution in [0.15, 0.2) is 0 Å². The number of hydrogen-bond acceptors (Lipinski definition) is 5. The Hall–Kier alpha value is -0.990. The molecule has 116 valence electrons.